The Morgan fingerprint density at radius 2 is 2.18 bits per heavy atom. The van der Waals surface area contributed by atoms with Crippen molar-refractivity contribution in [3.05, 3.63) is 23.8 Å². The third-order valence-corrected chi connectivity index (χ3v) is 3.81. The van der Waals surface area contributed by atoms with Crippen molar-refractivity contribution >= 4 is 0 Å². The number of benzene rings is 1. The minimum Gasteiger partial charge on any atom is -0.497 e. The molecule has 0 amide bonds. The van der Waals surface area contributed by atoms with Crippen LogP contribution in [0.1, 0.15) is 38.8 Å². The van der Waals surface area contributed by atoms with Gasteiger partial charge < -0.3 is 15.2 Å². The standard InChI is InChI=1S/C14H21NO2/c1-9(2)14(3)8-12(15)11-7-10(16-4)5-6-13(11)17-14/h5-7,9,12H,8,15H2,1-4H3. The number of hydrogen-bond donors (Lipinski definition) is 1. The van der Waals surface area contributed by atoms with Crippen molar-refractivity contribution in [2.24, 2.45) is 11.7 Å². The predicted molar refractivity (Wildman–Crippen MR) is 68.4 cm³/mol. The molecule has 0 saturated carbocycles. The molecule has 2 unspecified atom stereocenters. The summed E-state index contributed by atoms with van der Waals surface area (Å²) >= 11 is 0. The first-order chi connectivity index (χ1) is 7.96. The molecule has 3 heteroatoms. The van der Waals surface area contributed by atoms with E-state index in [0.29, 0.717) is 5.92 Å². The molecule has 1 aliphatic rings. The first kappa shape index (κ1) is 12.2. The van der Waals surface area contributed by atoms with Crippen LogP contribution in [-0.2, 0) is 0 Å². The lowest BCUT2D eigenvalue weighted by Gasteiger charge is -2.41. The van der Waals surface area contributed by atoms with Crippen LogP contribution in [0.3, 0.4) is 0 Å². The quantitative estimate of drug-likeness (QED) is 0.857. The van der Waals surface area contributed by atoms with Gasteiger partial charge in [-0.25, -0.2) is 0 Å². The zero-order chi connectivity index (χ0) is 12.6. The lowest BCUT2D eigenvalue weighted by atomic mass is 9.81. The molecule has 17 heavy (non-hydrogen) atoms. The average Bonchev–Trinajstić information content (AvgIpc) is 2.28. The molecule has 0 aliphatic carbocycles. The average molecular weight is 235 g/mol. The molecule has 0 radical (unpaired) electrons. The Morgan fingerprint density at radius 3 is 2.76 bits per heavy atom. The van der Waals surface area contributed by atoms with Gasteiger partial charge in [0.2, 0.25) is 0 Å². The van der Waals surface area contributed by atoms with Gasteiger partial charge in [-0.05, 0) is 31.0 Å². The molecule has 1 heterocycles. The van der Waals surface area contributed by atoms with Crippen LogP contribution in [-0.4, -0.2) is 12.7 Å². The SMILES string of the molecule is COc1ccc2c(c1)C(N)CC(C)(C(C)C)O2. The summed E-state index contributed by atoms with van der Waals surface area (Å²) in [5.74, 6) is 2.15. The van der Waals surface area contributed by atoms with E-state index in [1.165, 1.54) is 0 Å². The highest BCUT2D eigenvalue weighted by molar-refractivity contribution is 5.44. The van der Waals surface area contributed by atoms with Gasteiger partial charge in [-0.3, -0.25) is 0 Å². The third kappa shape index (κ3) is 2.12. The maximum atomic E-state index is 6.25. The van der Waals surface area contributed by atoms with Gasteiger partial charge in [-0.2, -0.15) is 0 Å². The molecular weight excluding hydrogens is 214 g/mol. The van der Waals surface area contributed by atoms with E-state index < -0.39 is 0 Å². The molecule has 1 aromatic rings. The molecule has 2 rings (SSSR count). The highest BCUT2D eigenvalue weighted by Crippen LogP contribution is 2.42. The van der Waals surface area contributed by atoms with Gasteiger partial charge in [0.15, 0.2) is 0 Å². The molecule has 1 aromatic carbocycles. The van der Waals surface area contributed by atoms with Crippen LogP contribution in [0, 0.1) is 5.92 Å². The normalized spacial score (nSPS) is 27.5. The van der Waals surface area contributed by atoms with Crippen LogP contribution < -0.4 is 15.2 Å². The Kier molecular flexibility index (Phi) is 3.04. The van der Waals surface area contributed by atoms with Gasteiger partial charge >= 0.3 is 0 Å². The molecule has 0 fully saturated rings. The largest absolute Gasteiger partial charge is 0.497 e. The number of rotatable bonds is 2. The molecular formula is C14H21NO2. The molecule has 1 aliphatic heterocycles. The molecule has 0 aromatic heterocycles. The summed E-state index contributed by atoms with van der Waals surface area (Å²) in [5.41, 5.74) is 7.11. The van der Waals surface area contributed by atoms with E-state index >= 15 is 0 Å². The van der Waals surface area contributed by atoms with Crippen LogP contribution in [0.25, 0.3) is 0 Å². The fourth-order valence-corrected chi connectivity index (χ4v) is 2.23. The van der Waals surface area contributed by atoms with Crippen molar-refractivity contribution in [2.45, 2.75) is 38.8 Å². The number of nitrogens with two attached hydrogens (primary N) is 1. The molecule has 2 N–H and O–H groups in total. The Morgan fingerprint density at radius 1 is 1.47 bits per heavy atom. The van der Waals surface area contributed by atoms with Crippen molar-refractivity contribution in [3.63, 3.8) is 0 Å². The van der Waals surface area contributed by atoms with Gasteiger partial charge in [0.05, 0.1) is 7.11 Å². The number of methoxy groups -OCH3 is 1. The molecule has 0 bridgehead atoms. The van der Waals surface area contributed by atoms with E-state index in [9.17, 15) is 0 Å². The highest BCUT2D eigenvalue weighted by atomic mass is 16.5. The second kappa shape index (κ2) is 4.22. The zero-order valence-corrected chi connectivity index (χ0v) is 11.0. The number of ether oxygens (including phenoxy) is 2. The Hall–Kier alpha value is -1.22. The summed E-state index contributed by atoms with van der Waals surface area (Å²) < 4.78 is 11.3. The van der Waals surface area contributed by atoms with Crippen LogP contribution in [0.5, 0.6) is 11.5 Å². The van der Waals surface area contributed by atoms with E-state index in [1.54, 1.807) is 7.11 Å². The second-order valence-electron chi connectivity index (χ2n) is 5.28. The lowest BCUT2D eigenvalue weighted by molar-refractivity contribution is 0.0107. The summed E-state index contributed by atoms with van der Waals surface area (Å²) in [6.45, 7) is 6.47. The molecule has 2 atom stereocenters. The Balaban J connectivity index is 2.38. The zero-order valence-electron chi connectivity index (χ0n) is 11.0. The van der Waals surface area contributed by atoms with E-state index in [4.69, 9.17) is 15.2 Å². The first-order valence-corrected chi connectivity index (χ1v) is 6.09. The van der Waals surface area contributed by atoms with Crippen LogP contribution in [0.15, 0.2) is 18.2 Å². The van der Waals surface area contributed by atoms with Crippen molar-refractivity contribution in [1.29, 1.82) is 0 Å². The number of fused-ring (bicyclic) bond motifs is 1. The minimum absolute atomic E-state index is 0.0150. The predicted octanol–water partition coefficient (Wildman–Crippen LogP) is 2.89. The maximum absolute atomic E-state index is 6.25. The smallest absolute Gasteiger partial charge is 0.125 e. The summed E-state index contributed by atoms with van der Waals surface area (Å²) in [6.07, 6.45) is 0.838. The van der Waals surface area contributed by atoms with E-state index in [1.807, 2.05) is 18.2 Å². The van der Waals surface area contributed by atoms with Crippen LogP contribution >= 0.6 is 0 Å². The topological polar surface area (TPSA) is 44.5 Å². The van der Waals surface area contributed by atoms with E-state index in [-0.39, 0.29) is 11.6 Å². The van der Waals surface area contributed by atoms with Gasteiger partial charge in [0.25, 0.3) is 0 Å². The van der Waals surface area contributed by atoms with Crippen molar-refractivity contribution in [1.82, 2.24) is 0 Å². The third-order valence-electron chi connectivity index (χ3n) is 3.81. The summed E-state index contributed by atoms with van der Waals surface area (Å²) in [4.78, 5) is 0. The van der Waals surface area contributed by atoms with Crippen molar-refractivity contribution in [2.75, 3.05) is 7.11 Å². The fraction of sp³-hybridized carbons (Fsp3) is 0.571. The summed E-state index contributed by atoms with van der Waals surface area (Å²) in [6, 6.07) is 5.85. The highest BCUT2D eigenvalue weighted by Gasteiger charge is 2.38. The van der Waals surface area contributed by atoms with Crippen molar-refractivity contribution < 1.29 is 9.47 Å². The van der Waals surface area contributed by atoms with Crippen molar-refractivity contribution in [3.8, 4) is 11.5 Å². The molecule has 94 valence electrons. The molecule has 3 nitrogen and oxygen atoms in total. The second-order valence-corrected chi connectivity index (χ2v) is 5.28. The first-order valence-electron chi connectivity index (χ1n) is 6.09. The minimum atomic E-state index is -0.180. The van der Waals surface area contributed by atoms with Gasteiger partial charge in [0, 0.05) is 18.0 Å². The van der Waals surface area contributed by atoms with Gasteiger partial charge in [0.1, 0.15) is 17.1 Å². The van der Waals surface area contributed by atoms with Gasteiger partial charge in [-0.15, -0.1) is 0 Å². The monoisotopic (exact) mass is 235 g/mol. The van der Waals surface area contributed by atoms with Crippen LogP contribution in [0.2, 0.25) is 0 Å². The van der Waals surface area contributed by atoms with E-state index in [0.717, 1.165) is 23.5 Å². The number of hydrogen-bond acceptors (Lipinski definition) is 3. The molecule has 0 saturated heterocycles. The van der Waals surface area contributed by atoms with Gasteiger partial charge in [-0.1, -0.05) is 13.8 Å². The van der Waals surface area contributed by atoms with E-state index in [2.05, 4.69) is 20.8 Å². The Labute approximate surface area is 103 Å². The van der Waals surface area contributed by atoms with Crippen LogP contribution in [0.4, 0.5) is 0 Å². The maximum Gasteiger partial charge on any atom is 0.125 e. The summed E-state index contributed by atoms with van der Waals surface area (Å²) in [7, 11) is 1.66. The lowest BCUT2D eigenvalue weighted by Crippen LogP contribution is -2.44. The summed E-state index contributed by atoms with van der Waals surface area (Å²) in [5, 5.41) is 0. The Bertz CT molecular complexity index is 417. The fourth-order valence-electron chi connectivity index (χ4n) is 2.23. The molecule has 0 spiro atoms.